The summed E-state index contributed by atoms with van der Waals surface area (Å²) in [5.41, 5.74) is 2.27. The predicted octanol–water partition coefficient (Wildman–Crippen LogP) is 3.44. The number of hydrogen-bond donors (Lipinski definition) is 1. The van der Waals surface area contributed by atoms with Crippen molar-refractivity contribution in [1.29, 1.82) is 0 Å². The van der Waals surface area contributed by atoms with Crippen molar-refractivity contribution in [1.82, 2.24) is 0 Å². The molecule has 1 aromatic rings. The molecule has 5 heteroatoms. The first kappa shape index (κ1) is 11.9. The van der Waals surface area contributed by atoms with Gasteiger partial charge in [-0.1, -0.05) is 51.2 Å². The lowest BCUT2D eigenvalue weighted by Crippen LogP contribution is -1.93. The molecule has 2 nitrogen and oxygen atoms in total. The van der Waals surface area contributed by atoms with Crippen LogP contribution in [0.3, 0.4) is 0 Å². The Morgan fingerprint density at radius 1 is 1.46 bits per heavy atom. The van der Waals surface area contributed by atoms with Gasteiger partial charge in [-0.2, -0.15) is 0 Å². The molecule has 1 rings (SSSR count). The van der Waals surface area contributed by atoms with E-state index in [4.69, 9.17) is 4.55 Å². The zero-order valence-corrected chi connectivity index (χ0v) is 12.0. The van der Waals surface area contributed by atoms with Gasteiger partial charge < -0.3 is 4.55 Å². The minimum absolute atomic E-state index is 0.332. The molecular formula is C8H8I2O2S. The van der Waals surface area contributed by atoms with E-state index < -0.39 is 11.1 Å². The molecule has 0 bridgehead atoms. The number of alkyl halides is 2. The smallest absolute Gasteiger partial charge is 0.186 e. The third-order valence-corrected chi connectivity index (χ3v) is 3.69. The van der Waals surface area contributed by atoms with Gasteiger partial charge >= 0.3 is 0 Å². The second kappa shape index (κ2) is 5.04. The van der Waals surface area contributed by atoms with Crippen LogP contribution in [0.5, 0.6) is 0 Å². The zero-order valence-electron chi connectivity index (χ0n) is 6.83. The van der Waals surface area contributed by atoms with Crippen LogP contribution >= 0.6 is 45.2 Å². The topological polar surface area (TPSA) is 37.3 Å². The molecule has 0 fully saturated rings. The van der Waals surface area contributed by atoms with Crippen molar-refractivity contribution < 1.29 is 8.76 Å². The average Bonchev–Trinajstić information content (AvgIpc) is 2.04. The predicted molar refractivity (Wildman–Crippen MR) is 71.0 cm³/mol. The van der Waals surface area contributed by atoms with Crippen LogP contribution in [0.1, 0.15) is 13.1 Å². The highest BCUT2D eigenvalue weighted by Crippen LogP contribution is 2.33. The lowest BCUT2D eigenvalue weighted by atomic mass is 10.1. The number of hydrogen-bond acceptors (Lipinski definition) is 1. The van der Waals surface area contributed by atoms with Crippen molar-refractivity contribution in [2.24, 2.45) is 0 Å². The Balaban J connectivity index is 3.19. The van der Waals surface area contributed by atoms with Crippen molar-refractivity contribution in [2.45, 2.75) is 13.8 Å². The van der Waals surface area contributed by atoms with Crippen LogP contribution < -0.4 is 0 Å². The Morgan fingerprint density at radius 2 is 2.08 bits per heavy atom. The number of aryl methyl sites for hydroxylation is 1. The lowest BCUT2D eigenvalue weighted by Gasteiger charge is -2.07. The van der Waals surface area contributed by atoms with Gasteiger partial charge in [0.2, 0.25) is 0 Å². The fourth-order valence-electron chi connectivity index (χ4n) is 0.962. The molecule has 1 atom stereocenters. The summed E-state index contributed by atoms with van der Waals surface area (Å²) >= 11 is 2.69. The van der Waals surface area contributed by atoms with Gasteiger partial charge in [0, 0.05) is 0 Å². The molecule has 0 saturated heterocycles. The van der Waals surface area contributed by atoms with Crippen LogP contribution in [0.4, 0.5) is 0 Å². The minimum atomic E-state index is -1.87. The van der Waals surface area contributed by atoms with Gasteiger partial charge in [-0.25, -0.2) is 4.21 Å². The molecule has 0 aromatic heterocycles. The molecule has 72 valence electrons. The first-order valence-electron chi connectivity index (χ1n) is 3.52. The van der Waals surface area contributed by atoms with Gasteiger partial charge in [-0.3, -0.25) is 0 Å². The largest absolute Gasteiger partial charge is 0.302 e. The van der Waals surface area contributed by atoms with Crippen molar-refractivity contribution >= 4 is 56.3 Å². The second-order valence-electron chi connectivity index (χ2n) is 2.57. The fourth-order valence-corrected chi connectivity index (χ4v) is 2.72. The normalized spacial score (nSPS) is 13.3. The number of halogens is 2. The van der Waals surface area contributed by atoms with Crippen LogP contribution in [-0.4, -0.2) is 8.76 Å². The summed E-state index contributed by atoms with van der Waals surface area (Å²) < 4.78 is 20.0. The van der Waals surface area contributed by atoms with E-state index in [0.717, 1.165) is 11.1 Å². The molecule has 0 amide bonds. The highest BCUT2D eigenvalue weighted by molar-refractivity contribution is 14.2. The van der Waals surface area contributed by atoms with Crippen LogP contribution in [-0.2, 0) is 11.1 Å². The van der Waals surface area contributed by atoms with Gasteiger partial charge in [0.15, 0.2) is 11.1 Å². The summed E-state index contributed by atoms with van der Waals surface area (Å²) in [6.07, 6.45) is 0. The second-order valence-corrected chi connectivity index (χ2v) is 8.41. The lowest BCUT2D eigenvalue weighted by molar-refractivity contribution is 0.564. The SMILES string of the molecule is Cc1ccc(S(=O)O)cc1C(I)I. The molecule has 1 unspecified atom stereocenters. The van der Waals surface area contributed by atoms with Gasteiger partial charge in [0.05, 0.1) is 6.83 Å². The first-order chi connectivity index (χ1) is 6.02. The Bertz CT molecular complexity index is 339. The molecule has 13 heavy (non-hydrogen) atoms. The molecule has 0 aliphatic heterocycles. The van der Waals surface area contributed by atoms with E-state index >= 15 is 0 Å². The van der Waals surface area contributed by atoms with Crippen molar-refractivity contribution in [3.8, 4) is 0 Å². The minimum Gasteiger partial charge on any atom is -0.302 e. The third-order valence-electron chi connectivity index (χ3n) is 1.69. The maximum Gasteiger partial charge on any atom is 0.186 e. The maximum absolute atomic E-state index is 10.8. The van der Waals surface area contributed by atoms with Crippen LogP contribution in [0.2, 0.25) is 0 Å². The monoisotopic (exact) mass is 422 g/mol. The Morgan fingerprint density at radius 3 is 2.54 bits per heavy atom. The highest BCUT2D eigenvalue weighted by atomic mass is 127. The van der Waals surface area contributed by atoms with Crippen LogP contribution in [0.25, 0.3) is 0 Å². The van der Waals surface area contributed by atoms with E-state index in [9.17, 15) is 4.21 Å². The Kier molecular flexibility index (Phi) is 4.59. The van der Waals surface area contributed by atoms with E-state index in [1.807, 2.05) is 13.0 Å². The molecule has 0 radical (unpaired) electrons. The molecule has 0 aliphatic rings. The summed E-state index contributed by atoms with van der Waals surface area (Å²) in [6, 6.07) is 5.35. The van der Waals surface area contributed by atoms with Crippen LogP contribution in [0.15, 0.2) is 23.1 Å². The molecule has 0 spiro atoms. The van der Waals surface area contributed by atoms with E-state index in [0.29, 0.717) is 6.83 Å². The molecule has 1 N–H and O–H groups in total. The van der Waals surface area contributed by atoms with Gasteiger partial charge in [-0.15, -0.1) is 0 Å². The fraction of sp³-hybridized carbons (Fsp3) is 0.250. The Hall–Kier alpha value is 0.790. The molecule has 0 aliphatic carbocycles. The van der Waals surface area contributed by atoms with Gasteiger partial charge in [-0.05, 0) is 30.2 Å². The van der Waals surface area contributed by atoms with Gasteiger partial charge in [0.25, 0.3) is 0 Å². The van der Waals surface area contributed by atoms with E-state index in [1.165, 1.54) is 0 Å². The molecule has 1 aromatic carbocycles. The molecular weight excluding hydrogens is 414 g/mol. The van der Waals surface area contributed by atoms with Crippen LogP contribution in [0, 0.1) is 6.92 Å². The summed E-state index contributed by atoms with van der Waals surface area (Å²) in [4.78, 5) is 0.471. The third kappa shape index (κ3) is 3.14. The quantitative estimate of drug-likeness (QED) is 0.451. The van der Waals surface area contributed by atoms with E-state index in [-0.39, 0.29) is 0 Å². The maximum atomic E-state index is 10.8. The zero-order chi connectivity index (χ0) is 10.0. The van der Waals surface area contributed by atoms with Crippen molar-refractivity contribution in [2.75, 3.05) is 0 Å². The van der Waals surface area contributed by atoms with Gasteiger partial charge in [0.1, 0.15) is 0 Å². The molecule has 0 heterocycles. The summed E-state index contributed by atoms with van der Waals surface area (Å²) in [6.45, 7) is 2.00. The highest BCUT2D eigenvalue weighted by Gasteiger charge is 2.09. The average molecular weight is 422 g/mol. The van der Waals surface area contributed by atoms with Crippen molar-refractivity contribution in [3.63, 3.8) is 0 Å². The Labute approximate surface area is 107 Å². The summed E-state index contributed by atoms with van der Waals surface area (Å²) in [5, 5.41) is 0. The summed E-state index contributed by atoms with van der Waals surface area (Å²) in [7, 11) is 0. The number of rotatable bonds is 2. The summed E-state index contributed by atoms with van der Waals surface area (Å²) in [5.74, 6) is 0. The van der Waals surface area contributed by atoms with E-state index in [1.54, 1.807) is 12.1 Å². The molecule has 0 saturated carbocycles. The standard InChI is InChI=1S/C8H8I2O2S/c1-5-2-3-6(13(11)12)4-7(5)8(9)10/h2-4,8H,1H3,(H,11,12). The van der Waals surface area contributed by atoms with Crippen molar-refractivity contribution in [3.05, 3.63) is 29.3 Å². The first-order valence-corrected chi connectivity index (χ1v) is 7.11. The van der Waals surface area contributed by atoms with E-state index in [2.05, 4.69) is 45.2 Å². The number of benzene rings is 1.